The van der Waals surface area contributed by atoms with Crippen LogP contribution in [0.2, 0.25) is 0 Å². The van der Waals surface area contributed by atoms with E-state index in [0.717, 1.165) is 36.6 Å². The fraction of sp³-hybridized carbons (Fsp3) is 0.500. The van der Waals surface area contributed by atoms with E-state index >= 15 is 0 Å². The highest BCUT2D eigenvalue weighted by Crippen LogP contribution is 2.32. The maximum atomic E-state index is 12.7. The van der Waals surface area contributed by atoms with Crippen molar-refractivity contribution in [3.05, 3.63) is 41.7 Å². The van der Waals surface area contributed by atoms with Gasteiger partial charge in [0.1, 0.15) is 0 Å². The molecule has 138 valence electrons. The highest BCUT2D eigenvalue weighted by Gasteiger charge is 2.26. The van der Waals surface area contributed by atoms with Crippen LogP contribution in [0.4, 0.5) is 0 Å². The molecule has 1 aromatic carbocycles. The van der Waals surface area contributed by atoms with E-state index < -0.39 is 0 Å². The van der Waals surface area contributed by atoms with Crippen LogP contribution in [0.15, 0.2) is 30.5 Å². The van der Waals surface area contributed by atoms with E-state index in [1.165, 1.54) is 43.1 Å². The maximum Gasteiger partial charge on any atom is 0.341 e. The number of hydrogen-bond acceptors (Lipinski definition) is 3. The average molecular weight is 352 g/mol. The summed E-state index contributed by atoms with van der Waals surface area (Å²) in [6, 6.07) is 8.31. The lowest BCUT2D eigenvalue weighted by atomic mass is 9.89. The van der Waals surface area contributed by atoms with Gasteiger partial charge in [0.15, 0.2) is 0 Å². The lowest BCUT2D eigenvalue weighted by Crippen LogP contribution is -2.28. The number of nitrogens with one attached hydrogen (secondary N) is 1. The summed E-state index contributed by atoms with van der Waals surface area (Å²) in [5, 5.41) is 1.22. The fourth-order valence-corrected chi connectivity index (χ4v) is 4.47. The van der Waals surface area contributed by atoms with Gasteiger partial charge in [-0.25, -0.2) is 4.79 Å². The highest BCUT2D eigenvalue weighted by atomic mass is 16.5. The minimum absolute atomic E-state index is 0.226. The van der Waals surface area contributed by atoms with E-state index in [0.29, 0.717) is 12.2 Å². The molecule has 0 bridgehead atoms. The van der Waals surface area contributed by atoms with Gasteiger partial charge in [0.25, 0.3) is 0 Å². The molecule has 4 heteroatoms. The maximum absolute atomic E-state index is 12.7. The Morgan fingerprint density at radius 1 is 1.23 bits per heavy atom. The van der Waals surface area contributed by atoms with Crippen LogP contribution in [0.1, 0.15) is 50.3 Å². The zero-order valence-corrected chi connectivity index (χ0v) is 15.6. The number of fused-ring (bicyclic) bond motifs is 3. The number of carbonyl (C=O) groups is 1. The van der Waals surface area contributed by atoms with Gasteiger partial charge >= 0.3 is 5.97 Å². The predicted molar refractivity (Wildman–Crippen MR) is 105 cm³/mol. The number of hydrogen-bond donors (Lipinski definition) is 1. The van der Waals surface area contributed by atoms with Crippen molar-refractivity contribution in [2.75, 3.05) is 19.7 Å². The first-order valence-corrected chi connectivity index (χ1v) is 9.99. The third-order valence-corrected chi connectivity index (χ3v) is 5.76. The molecule has 0 radical (unpaired) electrons. The second-order valence-corrected chi connectivity index (χ2v) is 7.54. The molecule has 1 aromatic heterocycles. The van der Waals surface area contributed by atoms with Gasteiger partial charge in [-0.15, -0.1) is 0 Å². The van der Waals surface area contributed by atoms with Crippen LogP contribution in [0.5, 0.6) is 0 Å². The van der Waals surface area contributed by atoms with E-state index in [1.807, 2.05) is 19.2 Å². The number of esters is 1. The lowest BCUT2D eigenvalue weighted by molar-refractivity contribution is -0.136. The summed E-state index contributed by atoms with van der Waals surface area (Å²) in [5.41, 5.74) is 3.95. The van der Waals surface area contributed by atoms with Crippen molar-refractivity contribution in [1.82, 2.24) is 9.88 Å². The van der Waals surface area contributed by atoms with Crippen molar-refractivity contribution < 1.29 is 9.53 Å². The van der Waals surface area contributed by atoms with Gasteiger partial charge in [-0.3, -0.25) is 0 Å². The predicted octanol–water partition coefficient (Wildman–Crippen LogP) is 4.51. The number of benzene rings is 1. The van der Waals surface area contributed by atoms with Crippen molar-refractivity contribution in [2.24, 2.45) is 5.92 Å². The first-order valence-electron chi connectivity index (χ1n) is 9.99. The quantitative estimate of drug-likeness (QED) is 0.824. The molecule has 4 rings (SSSR count). The summed E-state index contributed by atoms with van der Waals surface area (Å²) in [6.07, 6.45) is 9.68. The average Bonchev–Trinajstić information content (AvgIpc) is 2.93. The summed E-state index contributed by atoms with van der Waals surface area (Å²) >= 11 is 0. The van der Waals surface area contributed by atoms with Crippen molar-refractivity contribution in [1.29, 1.82) is 0 Å². The van der Waals surface area contributed by atoms with Gasteiger partial charge in [0.2, 0.25) is 0 Å². The first-order chi connectivity index (χ1) is 12.8. The number of rotatable bonds is 4. The molecule has 1 fully saturated rings. The van der Waals surface area contributed by atoms with E-state index in [4.69, 9.17) is 4.74 Å². The molecule has 2 aliphatic rings. The smallest absolute Gasteiger partial charge is 0.341 e. The van der Waals surface area contributed by atoms with Gasteiger partial charge in [-0.05, 0) is 43.7 Å². The van der Waals surface area contributed by atoms with Crippen LogP contribution >= 0.6 is 0 Å². The normalized spacial score (nSPS) is 18.3. The summed E-state index contributed by atoms with van der Waals surface area (Å²) in [4.78, 5) is 18.5. The second-order valence-electron chi connectivity index (χ2n) is 7.54. The molecule has 0 spiro atoms. The van der Waals surface area contributed by atoms with E-state index in [9.17, 15) is 4.79 Å². The molecular formula is C22H28N2O2. The molecule has 26 heavy (non-hydrogen) atoms. The summed E-state index contributed by atoms with van der Waals surface area (Å²) in [7, 11) is 0. The lowest BCUT2D eigenvalue weighted by Gasteiger charge is -2.28. The molecule has 0 saturated heterocycles. The number of H-pyrrole nitrogens is 1. The van der Waals surface area contributed by atoms with E-state index in [-0.39, 0.29) is 5.97 Å². The number of aromatic nitrogens is 1. The topological polar surface area (TPSA) is 45.3 Å². The monoisotopic (exact) mass is 352 g/mol. The van der Waals surface area contributed by atoms with Crippen LogP contribution in [-0.4, -0.2) is 35.5 Å². The molecule has 1 N–H and O–H groups in total. The van der Waals surface area contributed by atoms with Crippen LogP contribution in [0.25, 0.3) is 16.5 Å². The second kappa shape index (κ2) is 7.56. The van der Waals surface area contributed by atoms with E-state index in [2.05, 4.69) is 28.1 Å². The fourth-order valence-electron chi connectivity index (χ4n) is 4.47. The zero-order chi connectivity index (χ0) is 17.9. The van der Waals surface area contributed by atoms with Gasteiger partial charge < -0.3 is 14.6 Å². The number of nitrogens with zero attached hydrogens (tertiary/aromatic N) is 1. The van der Waals surface area contributed by atoms with Crippen LogP contribution in [0, 0.1) is 5.92 Å². The third kappa shape index (κ3) is 3.37. The SMILES string of the molecule is CCOC(=O)C1=CN(CC2CCCCC2)CCc2c1[nH]c1ccccc21. The van der Waals surface area contributed by atoms with Crippen LogP contribution < -0.4 is 0 Å². The molecule has 1 aliphatic heterocycles. The minimum Gasteiger partial charge on any atom is -0.462 e. The van der Waals surface area contributed by atoms with Gasteiger partial charge in [-0.1, -0.05) is 37.5 Å². The summed E-state index contributed by atoms with van der Waals surface area (Å²) < 4.78 is 5.37. The van der Waals surface area contributed by atoms with Crippen molar-refractivity contribution in [3.8, 4) is 0 Å². The molecular weight excluding hydrogens is 324 g/mol. The molecule has 1 saturated carbocycles. The Labute approximate surface area is 155 Å². The molecule has 0 amide bonds. The molecule has 2 aromatic rings. The van der Waals surface area contributed by atoms with Gasteiger partial charge in [0.05, 0.1) is 17.9 Å². The number of para-hydroxylation sites is 1. The molecule has 0 unspecified atom stereocenters. The zero-order valence-electron chi connectivity index (χ0n) is 15.6. The number of aromatic amines is 1. The Morgan fingerprint density at radius 3 is 2.85 bits per heavy atom. The minimum atomic E-state index is -0.226. The standard InChI is InChI=1S/C22H28N2O2/c1-2-26-22(25)19-15-24(14-16-8-4-3-5-9-16)13-12-18-17-10-6-7-11-20(17)23-21(18)19/h6-7,10-11,15-16,23H,2-5,8-9,12-14H2,1H3. The van der Waals surface area contributed by atoms with Crippen LogP contribution in [-0.2, 0) is 16.0 Å². The number of carbonyl (C=O) groups excluding carboxylic acids is 1. The highest BCUT2D eigenvalue weighted by molar-refractivity contribution is 6.17. The Bertz CT molecular complexity index is 815. The van der Waals surface area contributed by atoms with Crippen molar-refractivity contribution in [2.45, 2.75) is 45.4 Å². The molecule has 1 aliphatic carbocycles. The van der Waals surface area contributed by atoms with Gasteiger partial charge in [-0.2, -0.15) is 0 Å². The summed E-state index contributed by atoms with van der Waals surface area (Å²) in [5.74, 6) is 0.521. The molecule has 4 nitrogen and oxygen atoms in total. The van der Waals surface area contributed by atoms with E-state index in [1.54, 1.807) is 0 Å². The Hall–Kier alpha value is -2.23. The van der Waals surface area contributed by atoms with Gasteiger partial charge in [0, 0.05) is 30.2 Å². The van der Waals surface area contributed by atoms with Crippen LogP contribution in [0.3, 0.4) is 0 Å². The number of ether oxygens (including phenoxy) is 1. The Kier molecular flexibility index (Phi) is 5.00. The summed E-state index contributed by atoms with van der Waals surface area (Å²) in [6.45, 7) is 4.26. The Morgan fingerprint density at radius 2 is 2.04 bits per heavy atom. The molecule has 0 atom stereocenters. The molecule has 2 heterocycles. The largest absolute Gasteiger partial charge is 0.462 e. The first kappa shape index (κ1) is 17.2. The van der Waals surface area contributed by atoms with Crippen molar-refractivity contribution >= 4 is 22.4 Å². The third-order valence-electron chi connectivity index (χ3n) is 5.76. The Balaban J connectivity index is 1.68. The van der Waals surface area contributed by atoms with Crippen molar-refractivity contribution in [3.63, 3.8) is 0 Å².